The fraction of sp³-hybridized carbons (Fsp3) is 0.125. The highest BCUT2D eigenvalue weighted by atomic mass is 35.5. The molecule has 0 aliphatic heterocycles. The van der Waals surface area contributed by atoms with Crippen LogP contribution in [0.1, 0.15) is 27.0 Å². The number of rotatable bonds is 7. The van der Waals surface area contributed by atoms with Crippen molar-refractivity contribution in [1.29, 1.82) is 0 Å². The molecule has 3 aromatic rings. The SMILES string of the molecule is COc1ccc(/C=C/C(=O)c2ccc(Cl)cc2)cc1COc1cccc(C(F)(F)F)c1. The number of hydrogen-bond donors (Lipinski definition) is 0. The summed E-state index contributed by atoms with van der Waals surface area (Å²) in [4.78, 5) is 12.3. The first-order valence-corrected chi connectivity index (χ1v) is 9.59. The molecule has 0 aliphatic carbocycles. The number of hydrogen-bond acceptors (Lipinski definition) is 3. The summed E-state index contributed by atoms with van der Waals surface area (Å²) < 4.78 is 49.5. The number of methoxy groups -OCH3 is 1. The van der Waals surface area contributed by atoms with E-state index in [1.54, 1.807) is 48.5 Å². The summed E-state index contributed by atoms with van der Waals surface area (Å²) in [5.41, 5.74) is 1.06. The summed E-state index contributed by atoms with van der Waals surface area (Å²) in [6, 6.07) is 16.4. The van der Waals surface area contributed by atoms with Crippen molar-refractivity contribution < 1.29 is 27.4 Å². The van der Waals surface area contributed by atoms with Gasteiger partial charge in [-0.3, -0.25) is 4.79 Å². The molecule has 0 atom stereocenters. The third-order valence-electron chi connectivity index (χ3n) is 4.42. The highest BCUT2D eigenvalue weighted by Gasteiger charge is 2.30. The fourth-order valence-corrected chi connectivity index (χ4v) is 2.95. The number of halogens is 4. The summed E-state index contributed by atoms with van der Waals surface area (Å²) in [5.74, 6) is 0.429. The van der Waals surface area contributed by atoms with Crippen molar-refractivity contribution in [3.8, 4) is 11.5 Å². The molecule has 3 aromatic carbocycles. The highest BCUT2D eigenvalue weighted by Crippen LogP contribution is 2.32. The predicted octanol–water partition coefficient (Wildman–Crippen LogP) is 6.84. The van der Waals surface area contributed by atoms with Crippen LogP contribution in [0.4, 0.5) is 13.2 Å². The molecule has 0 spiro atoms. The first kappa shape index (κ1) is 22.4. The van der Waals surface area contributed by atoms with Gasteiger partial charge in [0.05, 0.1) is 12.7 Å². The van der Waals surface area contributed by atoms with Gasteiger partial charge in [-0.05, 0) is 66.2 Å². The third kappa shape index (κ3) is 6.12. The average molecular weight is 447 g/mol. The average Bonchev–Trinajstić information content (AvgIpc) is 2.76. The van der Waals surface area contributed by atoms with E-state index < -0.39 is 11.7 Å². The minimum Gasteiger partial charge on any atom is -0.496 e. The van der Waals surface area contributed by atoms with Crippen molar-refractivity contribution in [2.75, 3.05) is 7.11 Å². The Morgan fingerprint density at radius 3 is 2.45 bits per heavy atom. The molecule has 0 fully saturated rings. The van der Waals surface area contributed by atoms with Crippen molar-refractivity contribution >= 4 is 23.5 Å². The molecule has 0 heterocycles. The molecule has 31 heavy (non-hydrogen) atoms. The topological polar surface area (TPSA) is 35.5 Å². The maximum absolute atomic E-state index is 12.9. The molecule has 3 rings (SSSR count). The molecular formula is C24H18ClF3O3. The van der Waals surface area contributed by atoms with Crippen molar-refractivity contribution in [3.63, 3.8) is 0 Å². The summed E-state index contributed by atoms with van der Waals surface area (Å²) in [5, 5.41) is 0.543. The van der Waals surface area contributed by atoms with Crippen LogP contribution in [0.2, 0.25) is 5.02 Å². The smallest absolute Gasteiger partial charge is 0.416 e. The summed E-state index contributed by atoms with van der Waals surface area (Å²) in [6.07, 6.45) is -1.37. The largest absolute Gasteiger partial charge is 0.496 e. The van der Waals surface area contributed by atoms with Crippen molar-refractivity contribution in [2.45, 2.75) is 12.8 Å². The zero-order valence-corrected chi connectivity index (χ0v) is 17.2. The van der Waals surface area contributed by atoms with E-state index in [0.29, 0.717) is 27.5 Å². The van der Waals surface area contributed by atoms with Crippen LogP contribution in [0.25, 0.3) is 6.08 Å². The van der Waals surface area contributed by atoms with Crippen LogP contribution in [-0.4, -0.2) is 12.9 Å². The Labute approximate surface area is 182 Å². The van der Waals surface area contributed by atoms with Crippen LogP contribution in [-0.2, 0) is 12.8 Å². The lowest BCUT2D eigenvalue weighted by atomic mass is 10.1. The molecule has 0 amide bonds. The predicted molar refractivity (Wildman–Crippen MR) is 114 cm³/mol. The summed E-state index contributed by atoms with van der Waals surface area (Å²) in [7, 11) is 1.49. The zero-order chi connectivity index (χ0) is 22.4. The molecular weight excluding hydrogens is 429 g/mol. The van der Waals surface area contributed by atoms with Crippen LogP contribution in [0, 0.1) is 0 Å². The molecule has 0 aromatic heterocycles. The lowest BCUT2D eigenvalue weighted by molar-refractivity contribution is -0.137. The maximum Gasteiger partial charge on any atom is 0.416 e. The van der Waals surface area contributed by atoms with Gasteiger partial charge in [0, 0.05) is 16.1 Å². The van der Waals surface area contributed by atoms with Gasteiger partial charge in [0.25, 0.3) is 0 Å². The standard InChI is InChI=1S/C24H18ClF3O3/c1-30-23-12-6-16(5-11-22(29)17-7-9-20(25)10-8-17)13-18(23)15-31-21-4-2-3-19(14-21)24(26,27)28/h2-14H,15H2,1H3/b11-5+. The molecule has 0 bridgehead atoms. The number of benzene rings is 3. The summed E-state index contributed by atoms with van der Waals surface area (Å²) >= 11 is 5.83. The summed E-state index contributed by atoms with van der Waals surface area (Å²) in [6.45, 7) is -0.00268. The van der Waals surface area contributed by atoms with Gasteiger partial charge in [0.2, 0.25) is 0 Å². The van der Waals surface area contributed by atoms with E-state index in [-0.39, 0.29) is 18.1 Å². The number of carbonyl (C=O) groups is 1. The monoisotopic (exact) mass is 446 g/mol. The molecule has 0 radical (unpaired) electrons. The lowest BCUT2D eigenvalue weighted by Gasteiger charge is -2.13. The molecule has 3 nitrogen and oxygen atoms in total. The van der Waals surface area contributed by atoms with Gasteiger partial charge in [0.1, 0.15) is 18.1 Å². The molecule has 7 heteroatoms. The molecule has 0 N–H and O–H groups in total. The van der Waals surface area contributed by atoms with Crippen molar-refractivity contribution in [1.82, 2.24) is 0 Å². The van der Waals surface area contributed by atoms with E-state index in [4.69, 9.17) is 21.1 Å². The van der Waals surface area contributed by atoms with Gasteiger partial charge < -0.3 is 9.47 Å². The zero-order valence-electron chi connectivity index (χ0n) is 16.4. The molecule has 0 saturated carbocycles. The van der Waals surface area contributed by atoms with Crippen LogP contribution >= 0.6 is 11.6 Å². The Morgan fingerprint density at radius 2 is 1.77 bits per heavy atom. The van der Waals surface area contributed by atoms with Crippen LogP contribution < -0.4 is 9.47 Å². The van der Waals surface area contributed by atoms with Crippen molar-refractivity contribution in [2.24, 2.45) is 0 Å². The Kier molecular flexibility index (Phi) is 7.02. The van der Waals surface area contributed by atoms with Crippen LogP contribution in [0.3, 0.4) is 0 Å². The molecule has 0 aliphatic rings. The van der Waals surface area contributed by atoms with E-state index in [2.05, 4.69) is 0 Å². The lowest BCUT2D eigenvalue weighted by Crippen LogP contribution is -2.05. The van der Waals surface area contributed by atoms with E-state index in [0.717, 1.165) is 12.1 Å². The Bertz CT molecular complexity index is 1090. The second-order valence-electron chi connectivity index (χ2n) is 6.59. The van der Waals surface area contributed by atoms with E-state index in [9.17, 15) is 18.0 Å². The quantitative estimate of drug-likeness (QED) is 0.294. The third-order valence-corrected chi connectivity index (χ3v) is 4.67. The van der Waals surface area contributed by atoms with Gasteiger partial charge in [-0.2, -0.15) is 13.2 Å². The second kappa shape index (κ2) is 9.71. The fourth-order valence-electron chi connectivity index (χ4n) is 2.82. The number of alkyl halides is 3. The first-order chi connectivity index (χ1) is 14.8. The Balaban J connectivity index is 1.75. The second-order valence-corrected chi connectivity index (χ2v) is 7.03. The number of allylic oxidation sites excluding steroid dienone is 1. The van der Waals surface area contributed by atoms with Gasteiger partial charge in [0.15, 0.2) is 5.78 Å². The molecule has 0 saturated heterocycles. The number of ether oxygens (including phenoxy) is 2. The van der Waals surface area contributed by atoms with Crippen molar-refractivity contribution in [3.05, 3.63) is 100 Å². The van der Waals surface area contributed by atoms with Gasteiger partial charge in [-0.15, -0.1) is 0 Å². The number of ketones is 1. The van der Waals surface area contributed by atoms with Crippen LogP contribution in [0.5, 0.6) is 11.5 Å². The highest BCUT2D eigenvalue weighted by molar-refractivity contribution is 6.30. The minimum atomic E-state index is -4.45. The molecule has 160 valence electrons. The van der Waals surface area contributed by atoms with E-state index in [1.165, 1.54) is 25.3 Å². The van der Waals surface area contributed by atoms with E-state index >= 15 is 0 Å². The first-order valence-electron chi connectivity index (χ1n) is 9.21. The normalized spacial score (nSPS) is 11.5. The Morgan fingerprint density at radius 1 is 1.03 bits per heavy atom. The van der Waals surface area contributed by atoms with Gasteiger partial charge >= 0.3 is 6.18 Å². The van der Waals surface area contributed by atoms with Gasteiger partial charge in [-0.25, -0.2) is 0 Å². The minimum absolute atomic E-state index is 0.00268. The maximum atomic E-state index is 12.9. The number of carbonyl (C=O) groups excluding carboxylic acids is 1. The van der Waals surface area contributed by atoms with Crippen LogP contribution in [0.15, 0.2) is 72.8 Å². The Hall–Kier alpha value is -3.25. The van der Waals surface area contributed by atoms with E-state index in [1.807, 2.05) is 0 Å². The van der Waals surface area contributed by atoms with Gasteiger partial charge in [-0.1, -0.05) is 29.8 Å². The molecule has 0 unspecified atom stereocenters.